The zero-order valence-corrected chi connectivity index (χ0v) is 12.9. The first-order chi connectivity index (χ1) is 9.49. The predicted molar refractivity (Wildman–Crippen MR) is 76.8 cm³/mol. The van der Waals surface area contributed by atoms with E-state index >= 15 is 0 Å². The van der Waals surface area contributed by atoms with Crippen molar-refractivity contribution in [2.45, 2.75) is 37.9 Å². The van der Waals surface area contributed by atoms with Crippen molar-refractivity contribution in [3.63, 3.8) is 0 Å². The van der Waals surface area contributed by atoms with Crippen LogP contribution in [-0.2, 0) is 23.1 Å². The smallest absolute Gasteiger partial charge is 0.242 e. The molecular formula is C12H17N3O3S2. The molecule has 2 aromatic heterocycles. The fourth-order valence-corrected chi connectivity index (χ4v) is 3.96. The van der Waals surface area contributed by atoms with E-state index in [2.05, 4.69) is 19.7 Å². The van der Waals surface area contributed by atoms with E-state index in [9.17, 15) is 8.42 Å². The molecule has 0 aliphatic rings. The molecule has 0 saturated heterocycles. The normalized spacial score (nSPS) is 12.2. The third-order valence-corrected chi connectivity index (χ3v) is 5.14. The summed E-state index contributed by atoms with van der Waals surface area (Å²) in [4.78, 5) is 1.12. The molecule has 0 saturated carbocycles. The van der Waals surface area contributed by atoms with Gasteiger partial charge in [0.25, 0.3) is 0 Å². The van der Waals surface area contributed by atoms with Gasteiger partial charge in [-0.2, -0.15) is 0 Å². The van der Waals surface area contributed by atoms with Gasteiger partial charge in [0.2, 0.25) is 10.0 Å². The maximum atomic E-state index is 12.3. The average molecular weight is 315 g/mol. The van der Waals surface area contributed by atoms with Crippen LogP contribution in [0.2, 0.25) is 0 Å². The zero-order valence-electron chi connectivity index (χ0n) is 11.3. The van der Waals surface area contributed by atoms with Gasteiger partial charge in [0.15, 0.2) is 0 Å². The highest BCUT2D eigenvalue weighted by atomic mass is 32.2. The Hall–Kier alpha value is -1.22. The van der Waals surface area contributed by atoms with Gasteiger partial charge in [-0.1, -0.05) is 19.0 Å². The molecule has 0 aliphatic carbocycles. The van der Waals surface area contributed by atoms with E-state index in [1.165, 1.54) is 17.6 Å². The summed E-state index contributed by atoms with van der Waals surface area (Å²) in [6.07, 6.45) is 1.41. The van der Waals surface area contributed by atoms with Crippen LogP contribution in [0, 0.1) is 0 Å². The number of rotatable bonds is 7. The molecule has 0 fully saturated rings. The lowest BCUT2D eigenvalue weighted by Crippen LogP contribution is -2.26. The van der Waals surface area contributed by atoms with E-state index in [1.54, 1.807) is 17.5 Å². The SMILES string of the molecule is CC(C)NCc1sccc1S(=O)(=O)NCc1ccon1. The van der Waals surface area contributed by atoms with Crippen molar-refractivity contribution >= 4 is 21.4 Å². The van der Waals surface area contributed by atoms with Crippen molar-refractivity contribution in [1.29, 1.82) is 0 Å². The first kappa shape index (κ1) is 15.2. The fraction of sp³-hybridized carbons (Fsp3) is 0.417. The van der Waals surface area contributed by atoms with Crippen LogP contribution in [0.4, 0.5) is 0 Å². The van der Waals surface area contributed by atoms with Crippen molar-refractivity contribution < 1.29 is 12.9 Å². The second kappa shape index (κ2) is 6.49. The number of thiophene rings is 1. The van der Waals surface area contributed by atoms with Crippen molar-refractivity contribution in [2.24, 2.45) is 0 Å². The Kier molecular flexibility index (Phi) is 4.92. The first-order valence-corrected chi connectivity index (χ1v) is 8.54. The largest absolute Gasteiger partial charge is 0.364 e. The quantitative estimate of drug-likeness (QED) is 0.812. The minimum atomic E-state index is -3.53. The summed E-state index contributed by atoms with van der Waals surface area (Å²) < 4.78 is 31.7. The Bertz CT molecular complexity index is 633. The van der Waals surface area contributed by atoms with Crippen LogP contribution in [0.25, 0.3) is 0 Å². The molecule has 0 spiro atoms. The van der Waals surface area contributed by atoms with Gasteiger partial charge in [0.05, 0.1) is 17.1 Å². The Balaban J connectivity index is 2.07. The van der Waals surface area contributed by atoms with Gasteiger partial charge in [-0.05, 0) is 11.4 Å². The highest BCUT2D eigenvalue weighted by Crippen LogP contribution is 2.22. The van der Waals surface area contributed by atoms with Crippen LogP contribution >= 0.6 is 11.3 Å². The van der Waals surface area contributed by atoms with Gasteiger partial charge in [0.1, 0.15) is 6.26 Å². The number of aromatic nitrogens is 1. The third-order valence-electron chi connectivity index (χ3n) is 2.60. The molecule has 0 aliphatic heterocycles. The van der Waals surface area contributed by atoms with Gasteiger partial charge in [0, 0.05) is 23.5 Å². The Morgan fingerprint density at radius 1 is 1.35 bits per heavy atom. The zero-order chi connectivity index (χ0) is 14.6. The van der Waals surface area contributed by atoms with E-state index in [0.717, 1.165) is 4.88 Å². The van der Waals surface area contributed by atoms with E-state index < -0.39 is 10.0 Å². The fourth-order valence-electron chi connectivity index (χ4n) is 1.57. The highest BCUT2D eigenvalue weighted by Gasteiger charge is 2.19. The molecular weight excluding hydrogens is 298 g/mol. The lowest BCUT2D eigenvalue weighted by molar-refractivity contribution is 0.411. The molecule has 2 rings (SSSR count). The van der Waals surface area contributed by atoms with Crippen molar-refractivity contribution in [1.82, 2.24) is 15.2 Å². The van der Waals surface area contributed by atoms with Crippen molar-refractivity contribution in [3.05, 3.63) is 34.3 Å². The summed E-state index contributed by atoms with van der Waals surface area (Å²) in [5, 5.41) is 8.67. The average Bonchev–Trinajstić information content (AvgIpc) is 3.05. The maximum absolute atomic E-state index is 12.3. The van der Waals surface area contributed by atoms with Gasteiger partial charge in [-0.3, -0.25) is 0 Å². The summed E-state index contributed by atoms with van der Waals surface area (Å²) >= 11 is 1.43. The van der Waals surface area contributed by atoms with Crippen LogP contribution in [0.1, 0.15) is 24.4 Å². The van der Waals surface area contributed by atoms with Gasteiger partial charge < -0.3 is 9.84 Å². The molecule has 110 valence electrons. The Morgan fingerprint density at radius 3 is 2.80 bits per heavy atom. The number of hydrogen-bond donors (Lipinski definition) is 2. The predicted octanol–water partition coefficient (Wildman–Crippen LogP) is 1.71. The summed E-state index contributed by atoms with van der Waals surface area (Å²) in [6.45, 7) is 4.69. The number of nitrogens with zero attached hydrogens (tertiary/aromatic N) is 1. The third kappa shape index (κ3) is 3.89. The molecule has 0 atom stereocenters. The second-order valence-electron chi connectivity index (χ2n) is 4.56. The van der Waals surface area contributed by atoms with Crippen LogP contribution < -0.4 is 10.0 Å². The number of hydrogen-bond acceptors (Lipinski definition) is 6. The minimum absolute atomic E-state index is 0.117. The summed E-state index contributed by atoms with van der Waals surface area (Å²) in [6, 6.07) is 3.54. The minimum Gasteiger partial charge on any atom is -0.364 e. The molecule has 2 N–H and O–H groups in total. The maximum Gasteiger partial charge on any atom is 0.242 e. The molecule has 2 heterocycles. The molecule has 6 nitrogen and oxygen atoms in total. The number of sulfonamides is 1. The lowest BCUT2D eigenvalue weighted by Gasteiger charge is -2.09. The van der Waals surface area contributed by atoms with Gasteiger partial charge >= 0.3 is 0 Å². The summed E-state index contributed by atoms with van der Waals surface area (Å²) in [5.41, 5.74) is 0.547. The van der Waals surface area contributed by atoms with Gasteiger partial charge in [-0.15, -0.1) is 11.3 Å². The monoisotopic (exact) mass is 315 g/mol. The van der Waals surface area contributed by atoms with Crippen LogP contribution in [0.3, 0.4) is 0 Å². The molecule has 2 aromatic rings. The summed E-state index contributed by atoms with van der Waals surface area (Å²) in [5.74, 6) is 0. The number of nitrogens with one attached hydrogen (secondary N) is 2. The molecule has 20 heavy (non-hydrogen) atoms. The van der Waals surface area contributed by atoms with Crippen LogP contribution in [0.5, 0.6) is 0 Å². The molecule has 8 heteroatoms. The molecule has 0 unspecified atom stereocenters. The Labute approximate surface area is 122 Å². The molecule has 0 aromatic carbocycles. The second-order valence-corrected chi connectivity index (χ2v) is 7.30. The summed E-state index contributed by atoms with van der Waals surface area (Å²) in [7, 11) is -3.53. The van der Waals surface area contributed by atoms with Crippen LogP contribution in [0.15, 0.2) is 33.2 Å². The highest BCUT2D eigenvalue weighted by molar-refractivity contribution is 7.89. The van der Waals surface area contributed by atoms with Gasteiger partial charge in [-0.25, -0.2) is 13.1 Å². The molecule has 0 radical (unpaired) electrons. The Morgan fingerprint density at radius 2 is 2.15 bits per heavy atom. The lowest BCUT2D eigenvalue weighted by atomic mass is 10.4. The van der Waals surface area contributed by atoms with Crippen molar-refractivity contribution in [3.8, 4) is 0 Å². The topological polar surface area (TPSA) is 84.2 Å². The van der Waals surface area contributed by atoms with Crippen molar-refractivity contribution in [2.75, 3.05) is 0 Å². The van der Waals surface area contributed by atoms with E-state index in [4.69, 9.17) is 0 Å². The van der Waals surface area contributed by atoms with Crippen LogP contribution in [-0.4, -0.2) is 19.6 Å². The van der Waals surface area contributed by atoms with E-state index in [1.807, 2.05) is 13.8 Å². The van der Waals surface area contributed by atoms with E-state index in [0.29, 0.717) is 23.2 Å². The first-order valence-electron chi connectivity index (χ1n) is 6.17. The van der Waals surface area contributed by atoms with E-state index in [-0.39, 0.29) is 6.54 Å². The molecule has 0 amide bonds. The molecule has 0 bridgehead atoms. The standard InChI is InChI=1S/C12H17N3O3S2/c1-9(2)13-8-11-12(4-6-19-11)20(16,17)14-7-10-3-5-18-15-10/h3-6,9,13-14H,7-8H2,1-2H3.